The van der Waals surface area contributed by atoms with Crippen LogP contribution in [0.2, 0.25) is 0 Å². The maximum absolute atomic E-state index is 12.7. The Bertz CT molecular complexity index is 1000. The van der Waals surface area contributed by atoms with E-state index in [2.05, 4.69) is 36.4 Å². The highest BCUT2D eigenvalue weighted by molar-refractivity contribution is 6.44. The molecule has 1 aromatic heterocycles. The van der Waals surface area contributed by atoms with Crippen molar-refractivity contribution in [2.24, 2.45) is 0 Å². The largest absolute Gasteiger partial charge is 0.512 e. The summed E-state index contributed by atoms with van der Waals surface area (Å²) in [6, 6.07) is 6.06. The standard InChI is InChI=1S/C23H28N4O2/c1-14-7-5-10-19(15(14)2)27-20-11-6-9-18(17(20)13-25-27)26-23(29)22(24)16-8-3-4-12-21(16)28/h5,7,10,13,18,24,28H,3-4,6,8-9,11-12H2,1-2H3,(H,26,29). The first-order valence-electron chi connectivity index (χ1n) is 10.4. The molecule has 0 aliphatic heterocycles. The number of aliphatic hydroxyl groups excluding tert-OH is 1. The van der Waals surface area contributed by atoms with E-state index in [0.29, 0.717) is 18.4 Å². The molecule has 0 fully saturated rings. The van der Waals surface area contributed by atoms with Crippen LogP contribution in [0.4, 0.5) is 0 Å². The van der Waals surface area contributed by atoms with Gasteiger partial charge in [-0.15, -0.1) is 0 Å². The minimum Gasteiger partial charge on any atom is -0.512 e. The van der Waals surface area contributed by atoms with Gasteiger partial charge in [0.2, 0.25) is 0 Å². The van der Waals surface area contributed by atoms with E-state index in [-0.39, 0.29) is 17.5 Å². The Kier molecular flexibility index (Phi) is 5.26. The van der Waals surface area contributed by atoms with Gasteiger partial charge in [-0.1, -0.05) is 12.1 Å². The molecular formula is C23H28N4O2. The molecule has 1 amide bonds. The predicted molar refractivity (Wildman–Crippen MR) is 113 cm³/mol. The molecule has 1 heterocycles. The molecule has 1 unspecified atom stereocenters. The first kappa shape index (κ1) is 19.4. The Balaban J connectivity index is 1.58. The van der Waals surface area contributed by atoms with Gasteiger partial charge in [-0.25, -0.2) is 4.68 Å². The molecule has 1 atom stereocenters. The van der Waals surface area contributed by atoms with Crippen LogP contribution < -0.4 is 5.32 Å². The van der Waals surface area contributed by atoms with Crippen LogP contribution in [0, 0.1) is 19.3 Å². The first-order chi connectivity index (χ1) is 14.0. The maximum atomic E-state index is 12.7. The van der Waals surface area contributed by atoms with Crippen molar-refractivity contribution < 1.29 is 9.90 Å². The molecule has 2 aliphatic rings. The van der Waals surface area contributed by atoms with Gasteiger partial charge in [-0.05, 0) is 69.6 Å². The Labute approximate surface area is 171 Å². The van der Waals surface area contributed by atoms with E-state index in [1.54, 1.807) is 0 Å². The van der Waals surface area contributed by atoms with Crippen molar-refractivity contribution in [3.63, 3.8) is 0 Å². The van der Waals surface area contributed by atoms with Gasteiger partial charge in [0, 0.05) is 23.3 Å². The molecule has 0 radical (unpaired) electrons. The van der Waals surface area contributed by atoms with E-state index in [4.69, 9.17) is 5.41 Å². The molecule has 0 saturated carbocycles. The Morgan fingerprint density at radius 1 is 1.21 bits per heavy atom. The fourth-order valence-electron chi connectivity index (χ4n) is 4.41. The Morgan fingerprint density at radius 2 is 2.00 bits per heavy atom. The molecule has 0 bridgehead atoms. The number of nitrogens with one attached hydrogen (secondary N) is 2. The number of rotatable bonds is 4. The smallest absolute Gasteiger partial charge is 0.270 e. The van der Waals surface area contributed by atoms with Crippen LogP contribution in [0.3, 0.4) is 0 Å². The van der Waals surface area contributed by atoms with E-state index in [9.17, 15) is 9.90 Å². The molecular weight excluding hydrogens is 364 g/mol. The van der Waals surface area contributed by atoms with Crippen molar-refractivity contribution in [1.82, 2.24) is 15.1 Å². The van der Waals surface area contributed by atoms with E-state index >= 15 is 0 Å². The molecule has 6 heteroatoms. The van der Waals surface area contributed by atoms with Crippen LogP contribution in [0.1, 0.15) is 67.0 Å². The van der Waals surface area contributed by atoms with Crippen LogP contribution in [0.15, 0.2) is 35.7 Å². The van der Waals surface area contributed by atoms with Crippen molar-refractivity contribution in [2.75, 3.05) is 0 Å². The van der Waals surface area contributed by atoms with Gasteiger partial charge in [-0.2, -0.15) is 5.10 Å². The number of aromatic nitrogens is 2. The molecule has 1 aromatic carbocycles. The monoisotopic (exact) mass is 392 g/mol. The molecule has 6 nitrogen and oxygen atoms in total. The molecule has 29 heavy (non-hydrogen) atoms. The number of aryl methyl sites for hydroxylation is 1. The summed E-state index contributed by atoms with van der Waals surface area (Å²) in [5.41, 5.74) is 6.05. The molecule has 2 aliphatic carbocycles. The summed E-state index contributed by atoms with van der Waals surface area (Å²) in [5.74, 6) is -0.214. The lowest BCUT2D eigenvalue weighted by Crippen LogP contribution is -2.36. The van der Waals surface area contributed by atoms with Gasteiger partial charge in [0.05, 0.1) is 23.7 Å². The molecule has 2 aromatic rings. The normalized spacial score (nSPS) is 19.0. The minimum absolute atomic E-state index is 0.101. The van der Waals surface area contributed by atoms with Crippen molar-refractivity contribution in [2.45, 2.75) is 64.8 Å². The van der Waals surface area contributed by atoms with Crippen LogP contribution >= 0.6 is 0 Å². The highest BCUT2D eigenvalue weighted by atomic mass is 16.3. The fourth-order valence-corrected chi connectivity index (χ4v) is 4.41. The highest BCUT2D eigenvalue weighted by Crippen LogP contribution is 2.32. The summed E-state index contributed by atoms with van der Waals surface area (Å²) in [6.45, 7) is 4.20. The van der Waals surface area contributed by atoms with Gasteiger partial charge in [0.15, 0.2) is 0 Å². The fraction of sp³-hybridized carbons (Fsp3) is 0.435. The zero-order chi connectivity index (χ0) is 20.5. The summed E-state index contributed by atoms with van der Waals surface area (Å²) in [6.07, 6.45) is 7.52. The highest BCUT2D eigenvalue weighted by Gasteiger charge is 2.29. The lowest BCUT2D eigenvalue weighted by atomic mass is 9.91. The van der Waals surface area contributed by atoms with Gasteiger partial charge in [0.25, 0.3) is 5.91 Å². The number of hydrogen-bond acceptors (Lipinski definition) is 4. The number of carbonyl (C=O) groups excluding carboxylic acids is 1. The third kappa shape index (κ3) is 3.59. The van der Waals surface area contributed by atoms with Gasteiger partial charge < -0.3 is 10.4 Å². The first-order valence-corrected chi connectivity index (χ1v) is 10.4. The van der Waals surface area contributed by atoms with Crippen LogP contribution in [0.25, 0.3) is 5.69 Å². The zero-order valence-electron chi connectivity index (χ0n) is 17.1. The van der Waals surface area contributed by atoms with Gasteiger partial charge >= 0.3 is 0 Å². The molecule has 0 spiro atoms. The topological polar surface area (TPSA) is 91.0 Å². The third-order valence-electron chi connectivity index (χ3n) is 6.26. The van der Waals surface area contributed by atoms with Crippen LogP contribution in [-0.4, -0.2) is 26.5 Å². The van der Waals surface area contributed by atoms with E-state index in [1.807, 2.05) is 16.9 Å². The van der Waals surface area contributed by atoms with Gasteiger partial charge in [0.1, 0.15) is 5.71 Å². The average molecular weight is 393 g/mol. The van der Waals surface area contributed by atoms with Crippen LogP contribution in [-0.2, 0) is 11.2 Å². The van der Waals surface area contributed by atoms with Crippen molar-refractivity contribution >= 4 is 11.6 Å². The maximum Gasteiger partial charge on any atom is 0.270 e. The Hall–Kier alpha value is -2.89. The average Bonchev–Trinajstić information content (AvgIpc) is 3.15. The number of allylic oxidation sites excluding steroid dienone is 1. The summed E-state index contributed by atoms with van der Waals surface area (Å²) >= 11 is 0. The van der Waals surface area contributed by atoms with E-state index in [0.717, 1.165) is 49.0 Å². The molecule has 152 valence electrons. The predicted octanol–water partition coefficient (Wildman–Crippen LogP) is 4.39. The second-order valence-corrected chi connectivity index (χ2v) is 8.10. The lowest BCUT2D eigenvalue weighted by Gasteiger charge is -2.25. The number of carbonyl (C=O) groups is 1. The van der Waals surface area contributed by atoms with E-state index in [1.165, 1.54) is 11.1 Å². The zero-order valence-corrected chi connectivity index (χ0v) is 17.1. The summed E-state index contributed by atoms with van der Waals surface area (Å²) in [5, 5.41) is 26.0. The van der Waals surface area contributed by atoms with Crippen LogP contribution in [0.5, 0.6) is 0 Å². The van der Waals surface area contributed by atoms with Crippen molar-refractivity contribution in [1.29, 1.82) is 5.41 Å². The molecule has 4 rings (SSSR count). The molecule has 3 N–H and O–H groups in total. The van der Waals surface area contributed by atoms with Crippen molar-refractivity contribution in [3.8, 4) is 5.69 Å². The molecule has 0 saturated heterocycles. The number of fused-ring (bicyclic) bond motifs is 1. The van der Waals surface area contributed by atoms with E-state index < -0.39 is 5.91 Å². The summed E-state index contributed by atoms with van der Waals surface area (Å²) < 4.78 is 2.00. The summed E-state index contributed by atoms with van der Waals surface area (Å²) in [7, 11) is 0. The minimum atomic E-state index is -0.411. The number of aliphatic hydroxyl groups is 1. The quantitative estimate of drug-likeness (QED) is 0.674. The third-order valence-corrected chi connectivity index (χ3v) is 6.26. The number of hydrogen-bond donors (Lipinski definition) is 3. The number of amides is 1. The second-order valence-electron chi connectivity index (χ2n) is 8.10. The Morgan fingerprint density at radius 3 is 2.79 bits per heavy atom. The van der Waals surface area contributed by atoms with Crippen molar-refractivity contribution in [3.05, 3.63) is 58.1 Å². The van der Waals surface area contributed by atoms with Gasteiger partial charge in [-0.3, -0.25) is 10.2 Å². The lowest BCUT2D eigenvalue weighted by molar-refractivity contribution is -0.115. The second kappa shape index (κ2) is 7.85. The number of benzene rings is 1. The summed E-state index contributed by atoms with van der Waals surface area (Å²) in [4.78, 5) is 12.7. The SMILES string of the molecule is Cc1cccc(-n2ncc3c2CCCC3NC(=O)C(=N)C2=C(O)CCCC2)c1C. The number of nitrogens with zero attached hydrogens (tertiary/aromatic N) is 2.